The van der Waals surface area contributed by atoms with Gasteiger partial charge in [0.15, 0.2) is 0 Å². The minimum absolute atomic E-state index is 0.0116. The summed E-state index contributed by atoms with van der Waals surface area (Å²) in [6.07, 6.45) is -2.90. The van der Waals surface area contributed by atoms with Crippen molar-refractivity contribution in [3.63, 3.8) is 0 Å². The Bertz CT molecular complexity index is 1210. The van der Waals surface area contributed by atoms with Crippen molar-refractivity contribution in [1.82, 2.24) is 0 Å². The van der Waals surface area contributed by atoms with Crippen molar-refractivity contribution in [3.05, 3.63) is 89.5 Å². The van der Waals surface area contributed by atoms with Crippen LogP contribution in [0.15, 0.2) is 72.8 Å². The topological polar surface area (TPSA) is 29.5 Å². The molecule has 6 heteroatoms. The van der Waals surface area contributed by atoms with Crippen molar-refractivity contribution >= 4 is 11.7 Å². The zero-order chi connectivity index (χ0) is 27.3. The minimum Gasteiger partial charge on any atom is -0.466 e. The fraction of sp³-hybridized carbons (Fsp3) is 0.406. The van der Waals surface area contributed by atoms with Crippen LogP contribution in [0.3, 0.4) is 0 Å². The predicted molar refractivity (Wildman–Crippen MR) is 146 cm³/mol. The Hall–Kier alpha value is -3.28. The van der Waals surface area contributed by atoms with Gasteiger partial charge >= 0.3 is 12.1 Å². The van der Waals surface area contributed by atoms with Crippen molar-refractivity contribution in [1.29, 1.82) is 0 Å². The molecule has 1 saturated heterocycles. The zero-order valence-corrected chi connectivity index (χ0v) is 22.3. The molecule has 3 aromatic rings. The number of hydrogen-bond donors (Lipinski definition) is 0. The van der Waals surface area contributed by atoms with Gasteiger partial charge in [0, 0.05) is 24.7 Å². The number of halogens is 3. The number of nitrogens with zero attached hydrogens (tertiary/aromatic N) is 1. The SMILES string of the molecule is CCOC(=O)C(CC(C)C)c1cc(-c2ccccc2)cc(C2CCCN(c3ccccc3)C2)c1C(F)(F)F. The number of benzene rings is 3. The lowest BCUT2D eigenvalue weighted by Gasteiger charge is -2.36. The molecule has 0 spiro atoms. The van der Waals surface area contributed by atoms with E-state index in [1.54, 1.807) is 19.1 Å². The number of esters is 1. The summed E-state index contributed by atoms with van der Waals surface area (Å²) in [7, 11) is 0. The molecule has 1 fully saturated rings. The van der Waals surface area contributed by atoms with Gasteiger partial charge in [-0.25, -0.2) is 0 Å². The molecule has 0 amide bonds. The number of anilines is 1. The second-order valence-corrected chi connectivity index (χ2v) is 10.4. The van der Waals surface area contributed by atoms with Crippen LogP contribution in [-0.4, -0.2) is 25.7 Å². The van der Waals surface area contributed by atoms with E-state index in [-0.39, 0.29) is 36.0 Å². The van der Waals surface area contributed by atoms with Crippen LogP contribution in [0.5, 0.6) is 0 Å². The van der Waals surface area contributed by atoms with Crippen LogP contribution in [0.1, 0.15) is 68.6 Å². The van der Waals surface area contributed by atoms with Crippen LogP contribution in [-0.2, 0) is 15.7 Å². The molecule has 38 heavy (non-hydrogen) atoms. The van der Waals surface area contributed by atoms with Crippen LogP contribution in [0.2, 0.25) is 0 Å². The second-order valence-electron chi connectivity index (χ2n) is 10.4. The molecular weight excluding hydrogens is 487 g/mol. The molecule has 0 radical (unpaired) electrons. The lowest BCUT2D eigenvalue weighted by molar-refractivity contribution is -0.146. The highest BCUT2D eigenvalue weighted by atomic mass is 19.4. The summed E-state index contributed by atoms with van der Waals surface area (Å²) in [6, 6.07) is 22.5. The Balaban J connectivity index is 1.92. The van der Waals surface area contributed by atoms with Crippen molar-refractivity contribution in [2.45, 2.75) is 58.0 Å². The van der Waals surface area contributed by atoms with Crippen LogP contribution >= 0.6 is 0 Å². The Labute approximate surface area is 223 Å². The number of hydrogen-bond acceptors (Lipinski definition) is 3. The number of piperidine rings is 1. The fourth-order valence-electron chi connectivity index (χ4n) is 5.58. The minimum atomic E-state index is -4.61. The summed E-state index contributed by atoms with van der Waals surface area (Å²) < 4.78 is 50.3. The third kappa shape index (κ3) is 6.40. The largest absolute Gasteiger partial charge is 0.466 e. The van der Waals surface area contributed by atoms with Crippen LogP contribution in [0, 0.1) is 5.92 Å². The smallest absolute Gasteiger partial charge is 0.416 e. The Morgan fingerprint density at radius 1 is 1.00 bits per heavy atom. The first-order chi connectivity index (χ1) is 18.2. The third-order valence-corrected chi connectivity index (χ3v) is 7.23. The fourth-order valence-corrected chi connectivity index (χ4v) is 5.58. The first kappa shape index (κ1) is 27.7. The maximum atomic E-state index is 15.0. The predicted octanol–water partition coefficient (Wildman–Crippen LogP) is 8.45. The van der Waals surface area contributed by atoms with Gasteiger partial charge in [-0.2, -0.15) is 13.2 Å². The monoisotopic (exact) mass is 523 g/mol. The van der Waals surface area contributed by atoms with Crippen molar-refractivity contribution in [3.8, 4) is 11.1 Å². The number of ether oxygens (including phenoxy) is 1. The van der Waals surface area contributed by atoms with Gasteiger partial charge in [-0.15, -0.1) is 0 Å². The molecule has 1 heterocycles. The Kier molecular flexibility index (Phi) is 8.80. The van der Waals surface area contributed by atoms with Crippen molar-refractivity contribution in [2.75, 3.05) is 24.6 Å². The second kappa shape index (κ2) is 12.1. The van der Waals surface area contributed by atoms with E-state index < -0.39 is 23.6 Å². The highest BCUT2D eigenvalue weighted by Crippen LogP contribution is 2.46. The summed E-state index contributed by atoms with van der Waals surface area (Å²) in [6.45, 7) is 6.92. The van der Waals surface area contributed by atoms with Gasteiger partial charge in [0.1, 0.15) is 0 Å². The van der Waals surface area contributed by atoms with Gasteiger partial charge in [-0.1, -0.05) is 68.4 Å². The van der Waals surface area contributed by atoms with Crippen molar-refractivity contribution < 1.29 is 22.7 Å². The molecule has 1 aliphatic rings. The highest BCUT2D eigenvalue weighted by molar-refractivity contribution is 5.80. The molecular formula is C32H36F3NO2. The van der Waals surface area contributed by atoms with Gasteiger partial charge < -0.3 is 9.64 Å². The van der Waals surface area contributed by atoms with Gasteiger partial charge in [0.25, 0.3) is 0 Å². The van der Waals surface area contributed by atoms with Gasteiger partial charge in [0.05, 0.1) is 18.1 Å². The summed E-state index contributed by atoms with van der Waals surface area (Å²) in [5.74, 6) is -1.91. The zero-order valence-electron chi connectivity index (χ0n) is 22.3. The normalized spacial score (nSPS) is 16.9. The van der Waals surface area contributed by atoms with Crippen molar-refractivity contribution in [2.24, 2.45) is 5.92 Å². The average molecular weight is 524 g/mol. The summed E-state index contributed by atoms with van der Waals surface area (Å²) in [5, 5.41) is 0. The van der Waals surface area contributed by atoms with Gasteiger partial charge in [-0.3, -0.25) is 4.79 Å². The lowest BCUT2D eigenvalue weighted by Crippen LogP contribution is -2.35. The van der Waals surface area contributed by atoms with E-state index in [2.05, 4.69) is 4.90 Å². The molecule has 1 aliphatic heterocycles. The molecule has 0 saturated carbocycles. The first-order valence-corrected chi connectivity index (χ1v) is 13.5. The molecule has 0 aliphatic carbocycles. The number of carbonyl (C=O) groups is 1. The summed E-state index contributed by atoms with van der Waals surface area (Å²) in [5.41, 5.74) is 2.15. The molecule has 0 bridgehead atoms. The average Bonchev–Trinajstić information content (AvgIpc) is 2.91. The third-order valence-electron chi connectivity index (χ3n) is 7.23. The molecule has 0 aromatic heterocycles. The van der Waals surface area contributed by atoms with E-state index in [9.17, 15) is 18.0 Å². The summed E-state index contributed by atoms with van der Waals surface area (Å²) >= 11 is 0. The Morgan fingerprint density at radius 2 is 1.66 bits per heavy atom. The molecule has 202 valence electrons. The standard InChI is InChI=1S/C32H36F3NO2/c1-4-38-31(37)29(18-22(2)3)28-20-25(23-12-7-5-8-13-23)19-27(30(28)32(33,34)35)24-14-11-17-36(21-24)26-15-9-6-10-16-26/h5-10,12-13,15-16,19-20,22,24,29H,4,11,14,17-18,21H2,1-3H3. The van der Waals surface area contributed by atoms with Crippen LogP contribution in [0.4, 0.5) is 18.9 Å². The number of alkyl halides is 3. The number of para-hydroxylation sites is 1. The van der Waals surface area contributed by atoms with Crippen LogP contribution in [0.25, 0.3) is 11.1 Å². The van der Waals surface area contributed by atoms with E-state index in [1.165, 1.54) is 0 Å². The van der Waals surface area contributed by atoms with E-state index in [1.807, 2.05) is 74.5 Å². The lowest BCUT2D eigenvalue weighted by atomic mass is 9.78. The molecule has 0 N–H and O–H groups in total. The maximum Gasteiger partial charge on any atom is 0.416 e. The van der Waals surface area contributed by atoms with Gasteiger partial charge in [-0.05, 0) is 72.6 Å². The first-order valence-electron chi connectivity index (χ1n) is 13.5. The van der Waals surface area contributed by atoms with Gasteiger partial charge in [0.2, 0.25) is 0 Å². The van der Waals surface area contributed by atoms with Crippen LogP contribution < -0.4 is 4.90 Å². The molecule has 2 unspecified atom stereocenters. The summed E-state index contributed by atoms with van der Waals surface area (Å²) in [4.78, 5) is 15.3. The van der Waals surface area contributed by atoms with E-state index in [0.717, 1.165) is 24.2 Å². The number of rotatable bonds is 8. The maximum absolute atomic E-state index is 15.0. The van der Waals surface area contributed by atoms with E-state index >= 15 is 0 Å². The number of carbonyl (C=O) groups excluding carboxylic acids is 1. The quantitative estimate of drug-likeness (QED) is 0.278. The Morgan fingerprint density at radius 3 is 2.26 bits per heavy atom. The van der Waals surface area contributed by atoms with E-state index in [4.69, 9.17) is 4.74 Å². The highest BCUT2D eigenvalue weighted by Gasteiger charge is 2.42. The molecule has 2 atom stereocenters. The van der Waals surface area contributed by atoms with E-state index in [0.29, 0.717) is 18.5 Å². The molecule has 3 nitrogen and oxygen atoms in total. The molecule has 4 rings (SSSR count). The molecule has 3 aromatic carbocycles.